The maximum atomic E-state index is 11.1. The highest BCUT2D eigenvalue weighted by Gasteiger charge is 2.09. The van der Waals surface area contributed by atoms with Crippen molar-refractivity contribution in [2.45, 2.75) is 0 Å². The molecule has 1 aromatic rings. The van der Waals surface area contributed by atoms with E-state index in [4.69, 9.17) is 14.6 Å². The molecule has 0 radical (unpaired) electrons. The lowest BCUT2D eigenvalue weighted by Gasteiger charge is -2.08. The van der Waals surface area contributed by atoms with E-state index in [0.717, 1.165) is 0 Å². The van der Waals surface area contributed by atoms with Crippen LogP contribution in [0.3, 0.4) is 0 Å². The number of carbonyl (C=O) groups is 1. The van der Waals surface area contributed by atoms with Crippen molar-refractivity contribution in [1.29, 1.82) is 0 Å². The molecule has 1 rings (SSSR count). The molecule has 0 saturated heterocycles. The van der Waals surface area contributed by atoms with Gasteiger partial charge in [-0.2, -0.15) is 0 Å². The van der Waals surface area contributed by atoms with E-state index in [0.29, 0.717) is 17.1 Å². The van der Waals surface area contributed by atoms with E-state index in [1.54, 1.807) is 12.1 Å². The van der Waals surface area contributed by atoms with Crippen LogP contribution in [0.15, 0.2) is 18.2 Å². The molecule has 0 heterocycles. The predicted molar refractivity (Wildman–Crippen MR) is 51.0 cm³/mol. The van der Waals surface area contributed by atoms with Gasteiger partial charge in [-0.1, -0.05) is 0 Å². The van der Waals surface area contributed by atoms with Crippen molar-refractivity contribution in [3.63, 3.8) is 0 Å². The van der Waals surface area contributed by atoms with Gasteiger partial charge in [0.05, 0.1) is 14.2 Å². The Balaban J connectivity index is 3.07. The van der Waals surface area contributed by atoms with Gasteiger partial charge in [0.2, 0.25) is 0 Å². The SMILES string of the molecule is COc1ccc(C(=O)CO)cc1OC. The topological polar surface area (TPSA) is 55.8 Å². The Labute approximate surface area is 82.1 Å². The van der Waals surface area contributed by atoms with Crippen molar-refractivity contribution in [2.75, 3.05) is 20.8 Å². The monoisotopic (exact) mass is 196 g/mol. The quantitative estimate of drug-likeness (QED) is 0.726. The fourth-order valence-electron chi connectivity index (χ4n) is 1.10. The van der Waals surface area contributed by atoms with Gasteiger partial charge in [-0.3, -0.25) is 4.79 Å². The summed E-state index contributed by atoms with van der Waals surface area (Å²) in [7, 11) is 3.01. The standard InChI is InChI=1S/C10H12O4/c1-13-9-4-3-7(8(12)6-11)5-10(9)14-2/h3-5,11H,6H2,1-2H3. The van der Waals surface area contributed by atoms with E-state index in [9.17, 15) is 4.79 Å². The molecule has 0 bridgehead atoms. The van der Waals surface area contributed by atoms with Crippen LogP contribution in [0.4, 0.5) is 0 Å². The van der Waals surface area contributed by atoms with Crippen LogP contribution in [0.5, 0.6) is 11.5 Å². The van der Waals surface area contributed by atoms with Crippen molar-refractivity contribution in [2.24, 2.45) is 0 Å². The molecule has 0 aliphatic rings. The molecular weight excluding hydrogens is 184 g/mol. The molecule has 0 aliphatic carbocycles. The number of ketones is 1. The zero-order valence-corrected chi connectivity index (χ0v) is 8.11. The summed E-state index contributed by atoms with van der Waals surface area (Å²) in [6.07, 6.45) is 0. The third-order valence-electron chi connectivity index (χ3n) is 1.85. The van der Waals surface area contributed by atoms with Crippen molar-refractivity contribution in [3.8, 4) is 11.5 Å². The maximum absolute atomic E-state index is 11.1. The molecule has 0 amide bonds. The summed E-state index contributed by atoms with van der Waals surface area (Å²) < 4.78 is 10.0. The van der Waals surface area contributed by atoms with Gasteiger partial charge in [-0.15, -0.1) is 0 Å². The normalized spacial score (nSPS) is 9.64. The highest BCUT2D eigenvalue weighted by Crippen LogP contribution is 2.27. The van der Waals surface area contributed by atoms with Crippen molar-refractivity contribution < 1.29 is 19.4 Å². The molecule has 0 aromatic heterocycles. The summed E-state index contributed by atoms with van der Waals surface area (Å²) in [5.74, 6) is 0.694. The minimum absolute atomic E-state index is 0.342. The molecular formula is C10H12O4. The maximum Gasteiger partial charge on any atom is 0.188 e. The highest BCUT2D eigenvalue weighted by atomic mass is 16.5. The fourth-order valence-corrected chi connectivity index (χ4v) is 1.10. The van der Waals surface area contributed by atoms with E-state index in [-0.39, 0.29) is 5.78 Å². The summed E-state index contributed by atoms with van der Waals surface area (Å²) in [5.41, 5.74) is 0.408. The molecule has 0 fully saturated rings. The Bertz CT molecular complexity index is 333. The van der Waals surface area contributed by atoms with Crippen LogP contribution >= 0.6 is 0 Å². The summed E-state index contributed by atoms with van der Waals surface area (Å²) in [4.78, 5) is 11.1. The summed E-state index contributed by atoms with van der Waals surface area (Å²) in [6, 6.07) is 4.75. The van der Waals surface area contributed by atoms with Crippen LogP contribution in [0.25, 0.3) is 0 Å². The first kappa shape index (κ1) is 10.5. The zero-order chi connectivity index (χ0) is 10.6. The second kappa shape index (κ2) is 4.62. The first-order valence-corrected chi connectivity index (χ1v) is 4.09. The molecule has 14 heavy (non-hydrogen) atoms. The first-order valence-electron chi connectivity index (χ1n) is 4.09. The number of hydrogen-bond donors (Lipinski definition) is 1. The van der Waals surface area contributed by atoms with Crippen LogP contribution in [-0.2, 0) is 0 Å². The van der Waals surface area contributed by atoms with Crippen LogP contribution in [0, 0.1) is 0 Å². The molecule has 0 saturated carbocycles. The van der Waals surface area contributed by atoms with Gasteiger partial charge in [-0.05, 0) is 18.2 Å². The van der Waals surface area contributed by atoms with Crippen LogP contribution in [0.1, 0.15) is 10.4 Å². The summed E-state index contributed by atoms with van der Waals surface area (Å²) in [6.45, 7) is -0.504. The minimum Gasteiger partial charge on any atom is -0.493 e. The third kappa shape index (κ3) is 2.03. The molecule has 1 N–H and O–H groups in total. The van der Waals surface area contributed by atoms with Crippen molar-refractivity contribution in [1.82, 2.24) is 0 Å². The molecule has 0 unspecified atom stereocenters. The number of aliphatic hydroxyl groups excluding tert-OH is 1. The Kier molecular flexibility index (Phi) is 3.48. The number of methoxy groups -OCH3 is 2. The lowest BCUT2D eigenvalue weighted by atomic mass is 10.1. The van der Waals surface area contributed by atoms with Crippen LogP contribution in [-0.4, -0.2) is 31.7 Å². The van der Waals surface area contributed by atoms with Crippen LogP contribution in [0.2, 0.25) is 0 Å². The number of Topliss-reactive ketones (excluding diaryl/α,β-unsaturated/α-hetero) is 1. The van der Waals surface area contributed by atoms with Gasteiger partial charge in [0.25, 0.3) is 0 Å². The molecule has 4 nitrogen and oxygen atoms in total. The molecule has 4 heteroatoms. The highest BCUT2D eigenvalue weighted by molar-refractivity contribution is 5.97. The van der Waals surface area contributed by atoms with Crippen molar-refractivity contribution in [3.05, 3.63) is 23.8 Å². The Hall–Kier alpha value is -1.55. The van der Waals surface area contributed by atoms with Gasteiger partial charge in [0.1, 0.15) is 6.61 Å². The largest absolute Gasteiger partial charge is 0.493 e. The number of aliphatic hydroxyl groups is 1. The van der Waals surface area contributed by atoms with E-state index in [2.05, 4.69) is 0 Å². The number of rotatable bonds is 4. The molecule has 0 atom stereocenters. The number of hydrogen-bond acceptors (Lipinski definition) is 4. The lowest BCUT2D eigenvalue weighted by Crippen LogP contribution is -2.04. The second-order valence-corrected chi connectivity index (χ2v) is 2.65. The molecule has 0 aliphatic heterocycles. The lowest BCUT2D eigenvalue weighted by molar-refractivity contribution is 0.0903. The molecule has 76 valence electrons. The van der Waals surface area contributed by atoms with E-state index < -0.39 is 6.61 Å². The van der Waals surface area contributed by atoms with Gasteiger partial charge >= 0.3 is 0 Å². The number of benzene rings is 1. The second-order valence-electron chi connectivity index (χ2n) is 2.65. The Morgan fingerprint density at radius 2 is 1.93 bits per heavy atom. The first-order chi connectivity index (χ1) is 6.72. The number of carbonyl (C=O) groups excluding carboxylic acids is 1. The van der Waals surface area contributed by atoms with E-state index in [1.165, 1.54) is 20.3 Å². The van der Waals surface area contributed by atoms with Gasteiger partial charge in [0, 0.05) is 5.56 Å². The van der Waals surface area contributed by atoms with E-state index >= 15 is 0 Å². The Morgan fingerprint density at radius 1 is 1.29 bits per heavy atom. The van der Waals surface area contributed by atoms with Crippen LogP contribution < -0.4 is 9.47 Å². The van der Waals surface area contributed by atoms with Gasteiger partial charge in [0.15, 0.2) is 17.3 Å². The average Bonchev–Trinajstić information content (AvgIpc) is 2.26. The van der Waals surface area contributed by atoms with Crippen molar-refractivity contribution >= 4 is 5.78 Å². The molecule has 0 spiro atoms. The Morgan fingerprint density at radius 3 is 2.43 bits per heavy atom. The zero-order valence-electron chi connectivity index (χ0n) is 8.11. The predicted octanol–water partition coefficient (Wildman–Crippen LogP) is 0.879. The summed E-state index contributed by atoms with van der Waals surface area (Å²) in [5, 5.41) is 8.66. The number of ether oxygens (including phenoxy) is 2. The third-order valence-corrected chi connectivity index (χ3v) is 1.85. The van der Waals surface area contributed by atoms with Gasteiger partial charge in [-0.25, -0.2) is 0 Å². The average molecular weight is 196 g/mol. The smallest absolute Gasteiger partial charge is 0.188 e. The van der Waals surface area contributed by atoms with E-state index in [1.807, 2.05) is 0 Å². The molecule has 1 aromatic carbocycles. The van der Waals surface area contributed by atoms with Gasteiger partial charge < -0.3 is 14.6 Å². The minimum atomic E-state index is -0.504. The summed E-state index contributed by atoms with van der Waals surface area (Å²) >= 11 is 0. The fraction of sp³-hybridized carbons (Fsp3) is 0.300.